The molecule has 0 saturated carbocycles. The first-order valence-electron chi connectivity index (χ1n) is 6.25. The van der Waals surface area contributed by atoms with Gasteiger partial charge in [-0.25, -0.2) is 0 Å². The number of rotatable bonds is 6. The van der Waals surface area contributed by atoms with Crippen LogP contribution in [0.5, 0.6) is 0 Å². The summed E-state index contributed by atoms with van der Waals surface area (Å²) in [4.78, 5) is 0. The van der Waals surface area contributed by atoms with Gasteiger partial charge in [0.2, 0.25) is 0 Å². The van der Waals surface area contributed by atoms with E-state index in [-0.39, 0.29) is 0 Å². The normalized spacial score (nSPS) is 21.2. The summed E-state index contributed by atoms with van der Waals surface area (Å²) in [5, 5.41) is 0. The van der Waals surface area contributed by atoms with Crippen LogP contribution in [-0.2, 0) is 8.85 Å². The molecular weight excluding hydrogens is 224 g/mol. The van der Waals surface area contributed by atoms with Crippen molar-refractivity contribution >= 4 is 18.9 Å². The van der Waals surface area contributed by atoms with Crippen molar-refractivity contribution < 1.29 is 8.85 Å². The predicted molar refractivity (Wildman–Crippen MR) is 69.4 cm³/mol. The Morgan fingerprint density at radius 2 is 1.67 bits per heavy atom. The van der Waals surface area contributed by atoms with Gasteiger partial charge < -0.3 is 8.85 Å². The Morgan fingerprint density at radius 1 is 1.00 bits per heavy atom. The van der Waals surface area contributed by atoms with Gasteiger partial charge in [-0.05, 0) is 25.0 Å². The highest BCUT2D eigenvalue weighted by molar-refractivity contribution is 8.27. The minimum absolute atomic E-state index is 0.878. The van der Waals surface area contributed by atoms with Crippen LogP contribution >= 0.6 is 11.2 Å². The molecule has 0 aromatic carbocycles. The Balaban J connectivity index is 2.47. The SMILES string of the molecule is CCCO[Si]1(OCCC)CCCCCS1. The van der Waals surface area contributed by atoms with Gasteiger partial charge in [-0.1, -0.05) is 26.7 Å². The van der Waals surface area contributed by atoms with Crippen LogP contribution in [0.1, 0.15) is 46.0 Å². The highest BCUT2D eigenvalue weighted by Gasteiger charge is 2.39. The third-order valence-electron chi connectivity index (χ3n) is 2.50. The fourth-order valence-electron chi connectivity index (χ4n) is 1.70. The second-order valence-electron chi connectivity index (χ2n) is 4.04. The van der Waals surface area contributed by atoms with Gasteiger partial charge in [-0.3, -0.25) is 0 Å². The zero-order chi connectivity index (χ0) is 11.0. The molecular formula is C11H24O2SSi. The quantitative estimate of drug-likeness (QED) is 0.668. The Labute approximate surface area is 99.0 Å². The molecule has 0 atom stereocenters. The molecule has 1 saturated heterocycles. The average molecular weight is 248 g/mol. The minimum atomic E-state index is -1.86. The molecule has 0 radical (unpaired) electrons. The first-order chi connectivity index (χ1) is 7.33. The maximum atomic E-state index is 6.08. The van der Waals surface area contributed by atoms with Gasteiger partial charge in [-0.15, -0.1) is 11.2 Å². The molecule has 0 bridgehead atoms. The van der Waals surface area contributed by atoms with Crippen LogP contribution in [0, 0.1) is 0 Å². The molecule has 1 heterocycles. The molecule has 4 heteroatoms. The molecule has 1 aliphatic rings. The van der Waals surface area contributed by atoms with Crippen molar-refractivity contribution in [2.75, 3.05) is 19.0 Å². The molecule has 1 rings (SSSR count). The van der Waals surface area contributed by atoms with E-state index in [1.54, 1.807) is 0 Å². The maximum Gasteiger partial charge on any atom is 0.406 e. The summed E-state index contributed by atoms with van der Waals surface area (Å²) in [6.07, 6.45) is 6.19. The molecule has 2 nitrogen and oxygen atoms in total. The standard InChI is InChI=1S/C11H24O2SSi/c1-3-8-12-15(13-9-4-2)11-7-5-6-10-14-15/h3-11H2,1-2H3. The van der Waals surface area contributed by atoms with Crippen LogP contribution in [0.3, 0.4) is 0 Å². The van der Waals surface area contributed by atoms with E-state index in [4.69, 9.17) is 8.85 Å². The number of hydrogen-bond donors (Lipinski definition) is 0. The van der Waals surface area contributed by atoms with Gasteiger partial charge in [0.1, 0.15) is 0 Å². The van der Waals surface area contributed by atoms with E-state index in [9.17, 15) is 0 Å². The van der Waals surface area contributed by atoms with Gasteiger partial charge in [0.25, 0.3) is 0 Å². The molecule has 0 unspecified atom stereocenters. The third kappa shape index (κ3) is 4.89. The van der Waals surface area contributed by atoms with Crippen LogP contribution in [0.15, 0.2) is 0 Å². The molecule has 90 valence electrons. The predicted octanol–water partition coefficient (Wildman–Crippen LogP) is 3.70. The first kappa shape index (κ1) is 13.6. The van der Waals surface area contributed by atoms with E-state index >= 15 is 0 Å². The second kappa shape index (κ2) is 7.71. The summed E-state index contributed by atoms with van der Waals surface area (Å²) in [7, 11) is -1.86. The lowest BCUT2D eigenvalue weighted by Gasteiger charge is -2.28. The fourth-order valence-corrected chi connectivity index (χ4v) is 7.99. The van der Waals surface area contributed by atoms with Crippen LogP contribution in [0.25, 0.3) is 0 Å². The smallest absolute Gasteiger partial charge is 0.387 e. The largest absolute Gasteiger partial charge is 0.406 e. The molecule has 1 fully saturated rings. The highest BCUT2D eigenvalue weighted by atomic mass is 32.4. The van der Waals surface area contributed by atoms with Crippen LogP contribution in [-0.4, -0.2) is 26.7 Å². The Kier molecular flexibility index (Phi) is 6.97. The van der Waals surface area contributed by atoms with E-state index in [0.29, 0.717) is 0 Å². The summed E-state index contributed by atoms with van der Waals surface area (Å²) < 4.78 is 12.2. The molecule has 0 aromatic rings. The van der Waals surface area contributed by atoms with Crippen LogP contribution in [0.2, 0.25) is 6.04 Å². The number of hydrogen-bond acceptors (Lipinski definition) is 3. The van der Waals surface area contributed by atoms with Crippen molar-refractivity contribution in [1.82, 2.24) is 0 Å². The lowest BCUT2D eigenvalue weighted by Crippen LogP contribution is -2.39. The van der Waals surface area contributed by atoms with Gasteiger partial charge in [-0.2, -0.15) is 0 Å². The summed E-state index contributed by atoms with van der Waals surface area (Å²) >= 11 is 2.01. The summed E-state index contributed by atoms with van der Waals surface area (Å²) in [5.41, 5.74) is 0. The van der Waals surface area contributed by atoms with Crippen molar-refractivity contribution in [3.63, 3.8) is 0 Å². The lowest BCUT2D eigenvalue weighted by atomic mass is 10.3. The topological polar surface area (TPSA) is 18.5 Å². The van der Waals surface area contributed by atoms with E-state index in [0.717, 1.165) is 26.1 Å². The van der Waals surface area contributed by atoms with E-state index in [1.807, 2.05) is 11.2 Å². The van der Waals surface area contributed by atoms with Crippen molar-refractivity contribution in [3.8, 4) is 0 Å². The summed E-state index contributed by atoms with van der Waals surface area (Å²) in [6.45, 7) is 6.10. The van der Waals surface area contributed by atoms with Crippen LogP contribution < -0.4 is 0 Å². The molecule has 1 aliphatic heterocycles. The monoisotopic (exact) mass is 248 g/mol. The van der Waals surface area contributed by atoms with Crippen LogP contribution in [0.4, 0.5) is 0 Å². The average Bonchev–Trinajstić information content (AvgIpc) is 2.50. The Hall–Kier alpha value is 0.487. The highest BCUT2D eigenvalue weighted by Crippen LogP contribution is 2.34. The summed E-state index contributed by atoms with van der Waals surface area (Å²) in [6, 6.07) is 1.19. The minimum Gasteiger partial charge on any atom is -0.387 e. The van der Waals surface area contributed by atoms with Crippen molar-refractivity contribution in [1.29, 1.82) is 0 Å². The molecule has 0 spiro atoms. The van der Waals surface area contributed by atoms with E-state index in [1.165, 1.54) is 31.1 Å². The Bertz CT molecular complexity index is 149. The maximum absolute atomic E-state index is 6.08. The van der Waals surface area contributed by atoms with Gasteiger partial charge >= 0.3 is 7.71 Å². The van der Waals surface area contributed by atoms with Crippen molar-refractivity contribution in [2.24, 2.45) is 0 Å². The second-order valence-corrected chi connectivity index (χ2v) is 9.91. The lowest BCUT2D eigenvalue weighted by molar-refractivity contribution is 0.188. The molecule has 0 aromatic heterocycles. The molecule has 0 N–H and O–H groups in total. The first-order valence-corrected chi connectivity index (χ1v) is 9.98. The molecule has 0 amide bonds. The summed E-state index contributed by atoms with van der Waals surface area (Å²) in [5.74, 6) is 1.24. The van der Waals surface area contributed by atoms with E-state index in [2.05, 4.69) is 13.8 Å². The van der Waals surface area contributed by atoms with Crippen molar-refractivity contribution in [3.05, 3.63) is 0 Å². The molecule has 0 aliphatic carbocycles. The fraction of sp³-hybridized carbons (Fsp3) is 1.00. The molecule has 15 heavy (non-hydrogen) atoms. The zero-order valence-corrected chi connectivity index (χ0v) is 11.9. The van der Waals surface area contributed by atoms with Crippen molar-refractivity contribution in [2.45, 2.75) is 52.0 Å². The van der Waals surface area contributed by atoms with Gasteiger partial charge in [0.05, 0.1) is 0 Å². The van der Waals surface area contributed by atoms with Gasteiger partial charge in [0, 0.05) is 19.3 Å². The van der Waals surface area contributed by atoms with E-state index < -0.39 is 7.71 Å². The Morgan fingerprint density at radius 3 is 2.27 bits per heavy atom. The third-order valence-corrected chi connectivity index (χ3v) is 8.94. The van der Waals surface area contributed by atoms with Gasteiger partial charge in [0.15, 0.2) is 0 Å². The zero-order valence-electron chi connectivity index (χ0n) is 10.1.